The van der Waals surface area contributed by atoms with E-state index < -0.39 is 0 Å². The van der Waals surface area contributed by atoms with Crippen LogP contribution in [0.15, 0.2) is 18.2 Å². The first-order valence-electron chi connectivity index (χ1n) is 10.7. The first-order chi connectivity index (χ1) is 12.2. The van der Waals surface area contributed by atoms with E-state index in [4.69, 9.17) is 4.74 Å². The molecule has 0 radical (unpaired) electrons. The fourth-order valence-electron chi connectivity index (χ4n) is 4.07. The predicted octanol–water partition coefficient (Wildman–Crippen LogP) is 7.64. The zero-order chi connectivity index (χ0) is 17.9. The van der Waals surface area contributed by atoms with Crippen LogP contribution in [0.1, 0.15) is 102 Å². The van der Waals surface area contributed by atoms with Gasteiger partial charge in [0, 0.05) is 0 Å². The Morgan fingerprint density at radius 2 is 1.64 bits per heavy atom. The molecule has 0 bridgehead atoms. The highest BCUT2D eigenvalue weighted by atomic mass is 19.1. The largest absolute Gasteiger partial charge is 0.491 e. The number of rotatable bonds is 11. The Labute approximate surface area is 154 Å². The number of hydrogen-bond donors (Lipinski definition) is 0. The van der Waals surface area contributed by atoms with E-state index in [2.05, 4.69) is 19.9 Å². The van der Waals surface area contributed by atoms with Crippen molar-refractivity contribution in [1.29, 1.82) is 0 Å². The van der Waals surface area contributed by atoms with Gasteiger partial charge >= 0.3 is 0 Å². The van der Waals surface area contributed by atoms with Gasteiger partial charge in [-0.15, -0.1) is 0 Å². The fraction of sp³-hybridized carbons (Fsp3) is 0.739. The van der Waals surface area contributed by atoms with Crippen LogP contribution in [0.4, 0.5) is 4.39 Å². The number of ether oxygens (including phenoxy) is 1. The summed E-state index contributed by atoms with van der Waals surface area (Å²) in [5.74, 6) is 1.68. The van der Waals surface area contributed by atoms with Gasteiger partial charge in [-0.05, 0) is 61.6 Å². The van der Waals surface area contributed by atoms with Crippen molar-refractivity contribution in [3.63, 3.8) is 0 Å². The Hall–Kier alpha value is -1.05. The molecule has 25 heavy (non-hydrogen) atoms. The summed E-state index contributed by atoms with van der Waals surface area (Å²) in [6, 6.07) is 5.66. The lowest BCUT2D eigenvalue weighted by Gasteiger charge is -2.29. The number of benzene rings is 1. The van der Waals surface area contributed by atoms with E-state index in [9.17, 15) is 4.39 Å². The number of unbranched alkanes of at least 4 members (excludes halogenated alkanes) is 5. The van der Waals surface area contributed by atoms with Crippen LogP contribution in [0.25, 0.3) is 0 Å². The van der Waals surface area contributed by atoms with Crippen LogP contribution < -0.4 is 4.74 Å². The molecule has 0 unspecified atom stereocenters. The summed E-state index contributed by atoms with van der Waals surface area (Å²) >= 11 is 0. The molecule has 1 fully saturated rings. The van der Waals surface area contributed by atoms with Gasteiger partial charge in [-0.1, -0.05) is 64.9 Å². The van der Waals surface area contributed by atoms with Crippen molar-refractivity contribution >= 4 is 0 Å². The second kappa shape index (κ2) is 11.5. The molecule has 1 aliphatic rings. The van der Waals surface area contributed by atoms with Gasteiger partial charge in [-0.3, -0.25) is 0 Å². The van der Waals surface area contributed by atoms with Crippen molar-refractivity contribution in [2.75, 3.05) is 6.61 Å². The molecule has 1 aromatic rings. The van der Waals surface area contributed by atoms with Crippen molar-refractivity contribution in [1.82, 2.24) is 0 Å². The van der Waals surface area contributed by atoms with Gasteiger partial charge in [0.25, 0.3) is 0 Å². The van der Waals surface area contributed by atoms with Gasteiger partial charge in [-0.2, -0.15) is 0 Å². The average Bonchev–Trinajstić information content (AvgIpc) is 2.63. The van der Waals surface area contributed by atoms with Gasteiger partial charge < -0.3 is 4.74 Å². The maximum Gasteiger partial charge on any atom is 0.165 e. The number of halogens is 1. The summed E-state index contributed by atoms with van der Waals surface area (Å²) in [5.41, 5.74) is 1.17. The standard InChI is InChI=1S/C23H37FO/c1-3-5-7-9-17-25-23-16-15-21(18-22(23)24)20-13-11-19(12-14-20)10-8-6-4-2/h15-16,18-20H,3-14,17H2,1-2H3. The summed E-state index contributed by atoms with van der Waals surface area (Å²) in [4.78, 5) is 0. The minimum Gasteiger partial charge on any atom is -0.491 e. The molecule has 1 nitrogen and oxygen atoms in total. The van der Waals surface area contributed by atoms with E-state index in [1.165, 1.54) is 69.8 Å². The Bertz CT molecular complexity index is 477. The SMILES string of the molecule is CCCCCCOc1ccc(C2CCC(CCCCC)CC2)cc1F. The van der Waals surface area contributed by atoms with E-state index in [0.29, 0.717) is 18.3 Å². The van der Waals surface area contributed by atoms with Crippen LogP contribution in [0.3, 0.4) is 0 Å². The minimum absolute atomic E-state index is 0.182. The lowest BCUT2D eigenvalue weighted by atomic mass is 9.77. The average molecular weight is 349 g/mol. The zero-order valence-electron chi connectivity index (χ0n) is 16.4. The third kappa shape index (κ3) is 6.99. The molecular formula is C23H37FO. The van der Waals surface area contributed by atoms with Gasteiger partial charge in [-0.25, -0.2) is 4.39 Å². The topological polar surface area (TPSA) is 9.23 Å². The van der Waals surface area contributed by atoms with Gasteiger partial charge in [0.15, 0.2) is 11.6 Å². The Morgan fingerprint density at radius 1 is 0.920 bits per heavy atom. The lowest BCUT2D eigenvalue weighted by Crippen LogP contribution is -2.13. The van der Waals surface area contributed by atoms with E-state index >= 15 is 0 Å². The van der Waals surface area contributed by atoms with Gasteiger partial charge in [0.2, 0.25) is 0 Å². The molecule has 142 valence electrons. The Morgan fingerprint density at radius 3 is 2.32 bits per heavy atom. The molecule has 2 heteroatoms. The highest BCUT2D eigenvalue weighted by Gasteiger charge is 2.22. The van der Waals surface area contributed by atoms with Gasteiger partial charge in [0.05, 0.1) is 6.61 Å². The first kappa shape index (κ1) is 20.3. The van der Waals surface area contributed by atoms with E-state index in [1.807, 2.05) is 6.07 Å². The number of hydrogen-bond acceptors (Lipinski definition) is 1. The van der Waals surface area contributed by atoms with Crippen LogP contribution in [-0.4, -0.2) is 6.61 Å². The van der Waals surface area contributed by atoms with Crippen molar-refractivity contribution in [2.45, 2.75) is 96.8 Å². The minimum atomic E-state index is -0.182. The molecule has 1 aromatic carbocycles. The van der Waals surface area contributed by atoms with Crippen LogP contribution in [0.5, 0.6) is 5.75 Å². The van der Waals surface area contributed by atoms with Crippen molar-refractivity contribution in [3.8, 4) is 5.75 Å². The van der Waals surface area contributed by atoms with Crippen molar-refractivity contribution in [2.24, 2.45) is 5.92 Å². The second-order valence-electron chi connectivity index (χ2n) is 7.81. The predicted molar refractivity (Wildman–Crippen MR) is 105 cm³/mol. The smallest absolute Gasteiger partial charge is 0.165 e. The molecule has 1 saturated carbocycles. The van der Waals surface area contributed by atoms with Crippen LogP contribution in [-0.2, 0) is 0 Å². The summed E-state index contributed by atoms with van der Waals surface area (Å²) in [7, 11) is 0. The van der Waals surface area contributed by atoms with E-state index in [1.54, 1.807) is 6.07 Å². The summed E-state index contributed by atoms with van der Waals surface area (Å²) < 4.78 is 20.0. The van der Waals surface area contributed by atoms with Crippen LogP contribution >= 0.6 is 0 Å². The van der Waals surface area contributed by atoms with Crippen LogP contribution in [0, 0.1) is 11.7 Å². The zero-order valence-corrected chi connectivity index (χ0v) is 16.4. The van der Waals surface area contributed by atoms with Crippen LogP contribution in [0.2, 0.25) is 0 Å². The Balaban J connectivity index is 1.76. The van der Waals surface area contributed by atoms with Gasteiger partial charge in [0.1, 0.15) is 0 Å². The third-order valence-corrected chi connectivity index (χ3v) is 5.75. The molecule has 0 aliphatic heterocycles. The summed E-state index contributed by atoms with van der Waals surface area (Å²) in [5, 5.41) is 0. The molecule has 0 amide bonds. The molecule has 2 rings (SSSR count). The molecule has 0 saturated heterocycles. The highest BCUT2D eigenvalue weighted by molar-refractivity contribution is 5.31. The molecule has 0 atom stereocenters. The molecule has 0 N–H and O–H groups in total. The Kier molecular flexibility index (Phi) is 9.36. The second-order valence-corrected chi connectivity index (χ2v) is 7.81. The highest BCUT2D eigenvalue weighted by Crippen LogP contribution is 2.38. The molecule has 0 heterocycles. The maximum absolute atomic E-state index is 14.3. The first-order valence-corrected chi connectivity index (χ1v) is 10.7. The van der Waals surface area contributed by atoms with Crippen molar-refractivity contribution < 1.29 is 9.13 Å². The molecular weight excluding hydrogens is 311 g/mol. The van der Waals surface area contributed by atoms with Crippen molar-refractivity contribution in [3.05, 3.63) is 29.6 Å². The normalized spacial score (nSPS) is 20.6. The quantitative estimate of drug-likeness (QED) is 0.373. The molecule has 0 aromatic heterocycles. The summed E-state index contributed by atoms with van der Waals surface area (Å²) in [6.07, 6.45) is 15.1. The third-order valence-electron chi connectivity index (χ3n) is 5.75. The maximum atomic E-state index is 14.3. The van der Waals surface area contributed by atoms with E-state index in [-0.39, 0.29) is 5.82 Å². The monoisotopic (exact) mass is 348 g/mol. The molecule has 1 aliphatic carbocycles. The fourth-order valence-corrected chi connectivity index (χ4v) is 4.07. The lowest BCUT2D eigenvalue weighted by molar-refractivity contribution is 0.288. The molecule has 0 spiro atoms. The van der Waals surface area contributed by atoms with E-state index in [0.717, 1.165) is 18.8 Å². The summed E-state index contributed by atoms with van der Waals surface area (Å²) in [6.45, 7) is 5.08.